The molecule has 2 N–H and O–H groups in total. The van der Waals surface area contributed by atoms with Gasteiger partial charge in [-0.25, -0.2) is 0 Å². The van der Waals surface area contributed by atoms with Crippen LogP contribution in [0.5, 0.6) is 0 Å². The van der Waals surface area contributed by atoms with E-state index in [1.807, 2.05) is 12.1 Å². The first-order chi connectivity index (χ1) is 8.68. The summed E-state index contributed by atoms with van der Waals surface area (Å²) >= 11 is 6.14. The molecule has 96 valence electrons. The molecule has 1 aromatic rings. The molecular weight excluding hydrogens is 242 g/mol. The summed E-state index contributed by atoms with van der Waals surface area (Å²) in [6.45, 7) is 0. The monoisotopic (exact) mass is 261 g/mol. The number of rotatable bonds is 1. The molecule has 0 aliphatic heterocycles. The minimum absolute atomic E-state index is 0.0962. The fourth-order valence-corrected chi connectivity index (χ4v) is 5.49. The Morgan fingerprint density at radius 2 is 2.06 bits per heavy atom. The van der Waals surface area contributed by atoms with Crippen LogP contribution in [0.2, 0.25) is 5.02 Å². The molecule has 0 amide bonds. The largest absolute Gasteiger partial charge is 0.321 e. The third-order valence-electron chi connectivity index (χ3n) is 5.93. The lowest BCUT2D eigenvalue weighted by Gasteiger charge is -2.40. The summed E-state index contributed by atoms with van der Waals surface area (Å²) in [6.07, 6.45) is 6.83. The van der Waals surface area contributed by atoms with Gasteiger partial charge in [0.15, 0.2) is 0 Å². The van der Waals surface area contributed by atoms with E-state index in [0.717, 1.165) is 22.8 Å². The third-order valence-corrected chi connectivity index (χ3v) is 6.16. The van der Waals surface area contributed by atoms with Gasteiger partial charge in [0.2, 0.25) is 0 Å². The molecule has 0 saturated heterocycles. The summed E-state index contributed by atoms with van der Waals surface area (Å²) in [5.74, 6) is 3.47. The lowest BCUT2D eigenvalue weighted by atomic mass is 9.68. The van der Waals surface area contributed by atoms with Crippen LogP contribution in [0.3, 0.4) is 0 Å². The summed E-state index contributed by atoms with van der Waals surface area (Å²) in [4.78, 5) is 0. The maximum Gasteiger partial charge on any atom is 0.0444 e. The molecule has 3 saturated carbocycles. The summed E-state index contributed by atoms with van der Waals surface area (Å²) < 4.78 is 0. The molecule has 1 nitrogen and oxygen atoms in total. The molecular formula is C16H20ClN. The number of hydrogen-bond donors (Lipinski definition) is 1. The fraction of sp³-hybridized carbons (Fsp3) is 0.625. The number of fused-ring (bicyclic) bond motifs is 5. The lowest BCUT2D eigenvalue weighted by Crippen LogP contribution is -2.46. The van der Waals surface area contributed by atoms with Crippen LogP contribution in [0.15, 0.2) is 24.3 Å². The van der Waals surface area contributed by atoms with E-state index in [0.29, 0.717) is 5.92 Å². The molecule has 2 bridgehead atoms. The first-order valence-corrected chi connectivity index (χ1v) is 7.61. The van der Waals surface area contributed by atoms with Gasteiger partial charge in [-0.1, -0.05) is 30.2 Å². The zero-order valence-electron chi connectivity index (χ0n) is 10.6. The number of nitrogens with two attached hydrogens (primary N) is 1. The van der Waals surface area contributed by atoms with E-state index in [9.17, 15) is 0 Å². The molecule has 5 unspecified atom stereocenters. The van der Waals surface area contributed by atoms with E-state index in [4.69, 9.17) is 17.3 Å². The van der Waals surface area contributed by atoms with Crippen LogP contribution in [0.1, 0.15) is 37.7 Å². The number of hydrogen-bond acceptors (Lipinski definition) is 1. The molecule has 0 radical (unpaired) electrons. The van der Waals surface area contributed by atoms with Crippen molar-refractivity contribution >= 4 is 11.6 Å². The van der Waals surface area contributed by atoms with Gasteiger partial charge in [0.25, 0.3) is 0 Å². The van der Waals surface area contributed by atoms with Crippen LogP contribution < -0.4 is 5.73 Å². The first kappa shape index (κ1) is 11.3. The van der Waals surface area contributed by atoms with Crippen LogP contribution in [0.4, 0.5) is 0 Å². The van der Waals surface area contributed by atoms with Gasteiger partial charge in [-0.05, 0) is 67.1 Å². The Morgan fingerprint density at radius 1 is 1.22 bits per heavy atom. The van der Waals surface area contributed by atoms with Crippen LogP contribution in [0, 0.1) is 23.7 Å². The van der Waals surface area contributed by atoms with Crippen molar-refractivity contribution in [3.8, 4) is 0 Å². The van der Waals surface area contributed by atoms with Gasteiger partial charge in [-0.2, -0.15) is 0 Å². The molecule has 4 rings (SSSR count). The third kappa shape index (κ3) is 1.38. The van der Waals surface area contributed by atoms with E-state index < -0.39 is 0 Å². The minimum atomic E-state index is -0.0962. The Bertz CT molecular complexity index is 486. The second-order valence-corrected chi connectivity index (χ2v) is 7.05. The van der Waals surface area contributed by atoms with Crippen molar-refractivity contribution in [1.29, 1.82) is 0 Å². The zero-order chi connectivity index (χ0) is 12.3. The Balaban J connectivity index is 1.73. The Hall–Kier alpha value is -0.530. The Kier molecular flexibility index (Phi) is 2.35. The van der Waals surface area contributed by atoms with Crippen molar-refractivity contribution in [2.75, 3.05) is 0 Å². The van der Waals surface area contributed by atoms with E-state index in [1.54, 1.807) is 0 Å². The van der Waals surface area contributed by atoms with Crippen molar-refractivity contribution in [1.82, 2.24) is 0 Å². The predicted octanol–water partition coefficient (Wildman–Crippen LogP) is 3.95. The summed E-state index contributed by atoms with van der Waals surface area (Å²) in [6, 6.07) is 8.26. The quantitative estimate of drug-likeness (QED) is 0.814. The smallest absolute Gasteiger partial charge is 0.0444 e. The summed E-state index contributed by atoms with van der Waals surface area (Å²) in [7, 11) is 0. The van der Waals surface area contributed by atoms with Crippen molar-refractivity contribution in [2.24, 2.45) is 29.4 Å². The van der Waals surface area contributed by atoms with Gasteiger partial charge < -0.3 is 5.73 Å². The van der Waals surface area contributed by atoms with E-state index >= 15 is 0 Å². The molecule has 0 spiro atoms. The zero-order valence-corrected chi connectivity index (χ0v) is 11.4. The fourth-order valence-electron chi connectivity index (χ4n) is 5.30. The van der Waals surface area contributed by atoms with E-state index in [-0.39, 0.29) is 5.54 Å². The maximum absolute atomic E-state index is 6.83. The lowest BCUT2D eigenvalue weighted by molar-refractivity contribution is 0.157. The first-order valence-electron chi connectivity index (χ1n) is 7.23. The average Bonchev–Trinajstić information content (AvgIpc) is 2.99. The second-order valence-electron chi connectivity index (χ2n) is 6.62. The molecule has 0 aromatic heterocycles. The molecule has 3 fully saturated rings. The van der Waals surface area contributed by atoms with Crippen molar-refractivity contribution in [2.45, 2.75) is 37.6 Å². The topological polar surface area (TPSA) is 26.0 Å². The number of halogens is 1. The summed E-state index contributed by atoms with van der Waals surface area (Å²) in [5.41, 5.74) is 8.01. The maximum atomic E-state index is 6.83. The molecule has 18 heavy (non-hydrogen) atoms. The van der Waals surface area contributed by atoms with Crippen LogP contribution in [-0.2, 0) is 5.54 Å². The molecule has 3 aliphatic rings. The SMILES string of the molecule is NC1(c2cccc(Cl)c2)CC2CC1C1CCCC21. The highest BCUT2D eigenvalue weighted by molar-refractivity contribution is 6.30. The van der Waals surface area contributed by atoms with Gasteiger partial charge >= 0.3 is 0 Å². The second kappa shape index (κ2) is 3.74. The van der Waals surface area contributed by atoms with Gasteiger partial charge in [-0.15, -0.1) is 0 Å². The van der Waals surface area contributed by atoms with Crippen molar-refractivity contribution in [3.05, 3.63) is 34.9 Å². The summed E-state index contributed by atoms with van der Waals surface area (Å²) in [5, 5.41) is 0.822. The van der Waals surface area contributed by atoms with E-state index in [2.05, 4.69) is 12.1 Å². The molecule has 5 atom stereocenters. The van der Waals surface area contributed by atoms with Crippen molar-refractivity contribution in [3.63, 3.8) is 0 Å². The predicted molar refractivity (Wildman–Crippen MR) is 74.4 cm³/mol. The molecule has 3 aliphatic carbocycles. The average molecular weight is 262 g/mol. The molecule has 1 aromatic carbocycles. The molecule has 2 heteroatoms. The Morgan fingerprint density at radius 3 is 2.89 bits per heavy atom. The highest BCUT2D eigenvalue weighted by atomic mass is 35.5. The standard InChI is InChI=1S/C16H20ClN/c17-12-4-1-3-11(8-12)16(18)9-10-7-15(16)14-6-2-5-13(10)14/h1,3-4,8,10,13-15H,2,5-7,9,18H2. The van der Waals surface area contributed by atoms with Gasteiger partial charge in [0.05, 0.1) is 0 Å². The van der Waals surface area contributed by atoms with Crippen LogP contribution in [0.25, 0.3) is 0 Å². The van der Waals surface area contributed by atoms with E-state index in [1.165, 1.54) is 37.7 Å². The van der Waals surface area contributed by atoms with Crippen molar-refractivity contribution < 1.29 is 0 Å². The number of benzene rings is 1. The van der Waals surface area contributed by atoms with Gasteiger partial charge in [-0.3, -0.25) is 0 Å². The normalized spacial score (nSPS) is 45.4. The minimum Gasteiger partial charge on any atom is -0.321 e. The van der Waals surface area contributed by atoms with Gasteiger partial charge in [0.1, 0.15) is 0 Å². The van der Waals surface area contributed by atoms with Crippen LogP contribution >= 0.6 is 11.6 Å². The Labute approximate surface area is 114 Å². The highest BCUT2D eigenvalue weighted by Crippen LogP contribution is 2.64. The molecule has 0 heterocycles. The van der Waals surface area contributed by atoms with Crippen LogP contribution in [-0.4, -0.2) is 0 Å². The van der Waals surface area contributed by atoms with Gasteiger partial charge in [0, 0.05) is 10.6 Å². The highest BCUT2D eigenvalue weighted by Gasteiger charge is 2.59.